The molecule has 2 N–H and O–H groups in total. The van der Waals surface area contributed by atoms with Gasteiger partial charge in [-0.3, -0.25) is 24.2 Å². The van der Waals surface area contributed by atoms with Gasteiger partial charge in [0, 0.05) is 18.7 Å². The van der Waals surface area contributed by atoms with Crippen LogP contribution < -0.4 is 10.6 Å². The molecule has 0 saturated carbocycles. The van der Waals surface area contributed by atoms with Crippen LogP contribution in [0.3, 0.4) is 0 Å². The van der Waals surface area contributed by atoms with Crippen LogP contribution >= 0.6 is 0 Å². The van der Waals surface area contributed by atoms with E-state index in [1.165, 1.54) is 6.20 Å². The van der Waals surface area contributed by atoms with Crippen molar-refractivity contribution >= 4 is 35.1 Å². The third-order valence-electron chi connectivity index (χ3n) is 6.86. The Labute approximate surface area is 223 Å². The number of nitrogens with one attached hydrogen (secondary N) is 2. The minimum atomic E-state index is -0.726. The highest BCUT2D eigenvalue weighted by atomic mass is 16.6. The molecule has 2 atom stereocenters. The molecule has 0 bridgehead atoms. The van der Waals surface area contributed by atoms with Gasteiger partial charge in [0.15, 0.2) is 0 Å². The second kappa shape index (κ2) is 10.9. The van der Waals surface area contributed by atoms with Gasteiger partial charge in [-0.25, -0.2) is 0 Å². The van der Waals surface area contributed by atoms with E-state index >= 15 is 0 Å². The standard InChI is InChI=1S/C29H36N4O5/c1-17-6-10-24(20-7-9-22-19(13-20)8-11-25(34)32-22)33(16-17)28(37)27(36)31-21-12-18(2)23(30-15-21)14-26(35)38-29(3,4)5/h7,9,12-13,15,17,24H,6,8,10-11,14,16H2,1-5H3,(H,31,36)(H,32,34)/t17-,24+/m1/s1. The van der Waals surface area contributed by atoms with E-state index in [0.29, 0.717) is 36.3 Å². The van der Waals surface area contributed by atoms with Gasteiger partial charge in [0.05, 0.1) is 30.0 Å². The molecule has 2 aromatic rings. The molecule has 0 spiro atoms. The first-order valence-electron chi connectivity index (χ1n) is 13.1. The first-order valence-corrected chi connectivity index (χ1v) is 13.1. The molecular weight excluding hydrogens is 484 g/mol. The summed E-state index contributed by atoms with van der Waals surface area (Å²) in [5, 5.41) is 5.57. The van der Waals surface area contributed by atoms with E-state index in [1.54, 1.807) is 38.7 Å². The molecule has 1 aromatic carbocycles. The molecule has 0 unspecified atom stereocenters. The number of hydrogen-bond acceptors (Lipinski definition) is 6. The lowest BCUT2D eigenvalue weighted by Gasteiger charge is -2.39. The second-order valence-corrected chi connectivity index (χ2v) is 11.3. The Bertz CT molecular complexity index is 1270. The molecule has 2 aliphatic heterocycles. The zero-order chi connectivity index (χ0) is 27.6. The summed E-state index contributed by atoms with van der Waals surface area (Å²) in [6, 6.07) is 7.34. The number of esters is 1. The Morgan fingerprint density at radius 2 is 1.92 bits per heavy atom. The predicted molar refractivity (Wildman–Crippen MR) is 143 cm³/mol. The van der Waals surface area contributed by atoms with Crippen LogP contribution in [0.5, 0.6) is 0 Å². The number of ether oxygens (including phenoxy) is 1. The number of anilines is 2. The maximum absolute atomic E-state index is 13.4. The predicted octanol–water partition coefficient (Wildman–Crippen LogP) is 4.10. The molecule has 202 valence electrons. The summed E-state index contributed by atoms with van der Waals surface area (Å²) in [5.74, 6) is -1.42. The number of hydrogen-bond donors (Lipinski definition) is 2. The monoisotopic (exact) mass is 520 g/mol. The first kappa shape index (κ1) is 27.3. The number of carbonyl (C=O) groups is 4. The molecule has 1 saturated heterocycles. The number of piperidine rings is 1. The molecule has 9 heteroatoms. The number of benzene rings is 1. The van der Waals surface area contributed by atoms with E-state index in [0.717, 1.165) is 29.7 Å². The maximum Gasteiger partial charge on any atom is 0.313 e. The van der Waals surface area contributed by atoms with Gasteiger partial charge in [-0.05, 0) is 81.7 Å². The molecule has 2 aliphatic rings. The van der Waals surface area contributed by atoms with Crippen LogP contribution in [0.4, 0.5) is 11.4 Å². The Balaban J connectivity index is 1.46. The van der Waals surface area contributed by atoms with Gasteiger partial charge < -0.3 is 20.3 Å². The van der Waals surface area contributed by atoms with Crippen molar-refractivity contribution in [3.05, 3.63) is 52.8 Å². The number of pyridine rings is 1. The van der Waals surface area contributed by atoms with Crippen molar-refractivity contribution < 1.29 is 23.9 Å². The number of aryl methyl sites for hydroxylation is 2. The highest BCUT2D eigenvalue weighted by Crippen LogP contribution is 2.36. The van der Waals surface area contributed by atoms with E-state index in [4.69, 9.17) is 4.74 Å². The van der Waals surface area contributed by atoms with Gasteiger partial charge in [0.25, 0.3) is 0 Å². The third-order valence-corrected chi connectivity index (χ3v) is 6.86. The average Bonchev–Trinajstić information content (AvgIpc) is 2.83. The van der Waals surface area contributed by atoms with Crippen LogP contribution in [-0.4, -0.2) is 45.7 Å². The van der Waals surface area contributed by atoms with Crippen LogP contribution in [-0.2, 0) is 36.8 Å². The summed E-state index contributed by atoms with van der Waals surface area (Å²) >= 11 is 0. The largest absolute Gasteiger partial charge is 0.460 e. The van der Waals surface area contributed by atoms with Gasteiger partial charge in [0.2, 0.25) is 5.91 Å². The van der Waals surface area contributed by atoms with E-state index in [9.17, 15) is 19.2 Å². The number of nitrogens with zero attached hydrogens (tertiary/aromatic N) is 2. The SMILES string of the molecule is Cc1cc(NC(=O)C(=O)N2C[C@H](C)CC[C@H]2c2ccc3c(c2)CCC(=O)N3)cnc1CC(=O)OC(C)(C)C. The number of amides is 3. The molecule has 3 amide bonds. The van der Waals surface area contributed by atoms with Crippen LogP contribution in [0.15, 0.2) is 30.5 Å². The van der Waals surface area contributed by atoms with Gasteiger partial charge >= 0.3 is 17.8 Å². The van der Waals surface area contributed by atoms with Crippen molar-refractivity contribution in [1.82, 2.24) is 9.88 Å². The normalized spacial score (nSPS) is 19.3. The average molecular weight is 521 g/mol. The van der Waals surface area contributed by atoms with Crippen molar-refractivity contribution in [2.45, 2.75) is 78.4 Å². The zero-order valence-corrected chi connectivity index (χ0v) is 22.7. The Hall–Kier alpha value is -3.75. The number of rotatable bonds is 4. The maximum atomic E-state index is 13.4. The number of likely N-dealkylation sites (tertiary alicyclic amines) is 1. The summed E-state index contributed by atoms with van der Waals surface area (Å²) in [7, 11) is 0. The van der Waals surface area contributed by atoms with Crippen molar-refractivity contribution in [2.75, 3.05) is 17.2 Å². The van der Waals surface area contributed by atoms with E-state index in [-0.39, 0.29) is 30.3 Å². The summed E-state index contributed by atoms with van der Waals surface area (Å²) in [6.45, 7) is 9.77. The molecule has 9 nitrogen and oxygen atoms in total. The van der Waals surface area contributed by atoms with Gasteiger partial charge in [-0.15, -0.1) is 0 Å². The fraction of sp³-hybridized carbons (Fsp3) is 0.483. The molecular formula is C29H36N4O5. The molecule has 3 heterocycles. The minimum absolute atomic E-state index is 0.00724. The quantitative estimate of drug-likeness (QED) is 0.463. The van der Waals surface area contributed by atoms with E-state index in [1.807, 2.05) is 18.2 Å². The van der Waals surface area contributed by atoms with Crippen LogP contribution in [0.2, 0.25) is 0 Å². The van der Waals surface area contributed by atoms with Crippen LogP contribution in [0, 0.1) is 12.8 Å². The van der Waals surface area contributed by atoms with Crippen LogP contribution in [0.25, 0.3) is 0 Å². The highest BCUT2D eigenvalue weighted by Gasteiger charge is 2.35. The molecule has 1 aromatic heterocycles. The number of aromatic nitrogens is 1. The molecule has 38 heavy (non-hydrogen) atoms. The summed E-state index contributed by atoms with van der Waals surface area (Å²) in [5.41, 5.74) is 3.90. The number of carbonyl (C=O) groups excluding carboxylic acids is 4. The van der Waals surface area contributed by atoms with Crippen molar-refractivity contribution in [1.29, 1.82) is 0 Å². The molecule has 0 radical (unpaired) electrons. The summed E-state index contributed by atoms with van der Waals surface area (Å²) in [6.07, 6.45) is 4.27. The van der Waals surface area contributed by atoms with Gasteiger partial charge in [0.1, 0.15) is 5.60 Å². The van der Waals surface area contributed by atoms with Crippen molar-refractivity contribution in [3.8, 4) is 0 Å². The third kappa shape index (κ3) is 6.57. The Kier molecular flexibility index (Phi) is 7.85. The smallest absolute Gasteiger partial charge is 0.313 e. The summed E-state index contributed by atoms with van der Waals surface area (Å²) < 4.78 is 5.36. The molecule has 0 aliphatic carbocycles. The Morgan fingerprint density at radius 1 is 1.16 bits per heavy atom. The lowest BCUT2D eigenvalue weighted by molar-refractivity contribution is -0.154. The van der Waals surface area contributed by atoms with Gasteiger partial charge in [-0.1, -0.05) is 19.1 Å². The zero-order valence-electron chi connectivity index (χ0n) is 22.7. The molecule has 4 rings (SSSR count). The number of fused-ring (bicyclic) bond motifs is 1. The van der Waals surface area contributed by atoms with Crippen LogP contribution in [0.1, 0.15) is 75.4 Å². The van der Waals surface area contributed by atoms with Crippen molar-refractivity contribution in [2.24, 2.45) is 5.92 Å². The minimum Gasteiger partial charge on any atom is -0.460 e. The highest BCUT2D eigenvalue weighted by molar-refractivity contribution is 6.39. The lowest BCUT2D eigenvalue weighted by atomic mass is 9.88. The van der Waals surface area contributed by atoms with E-state index in [2.05, 4.69) is 22.5 Å². The lowest BCUT2D eigenvalue weighted by Crippen LogP contribution is -2.46. The second-order valence-electron chi connectivity index (χ2n) is 11.3. The Morgan fingerprint density at radius 3 is 2.63 bits per heavy atom. The fourth-order valence-corrected chi connectivity index (χ4v) is 5.02. The summed E-state index contributed by atoms with van der Waals surface area (Å²) in [4.78, 5) is 56.3. The van der Waals surface area contributed by atoms with E-state index < -0.39 is 17.4 Å². The molecule has 1 fully saturated rings. The topological polar surface area (TPSA) is 118 Å². The fourth-order valence-electron chi connectivity index (χ4n) is 5.02. The first-order chi connectivity index (χ1) is 17.9. The van der Waals surface area contributed by atoms with Gasteiger partial charge in [-0.2, -0.15) is 0 Å². The van der Waals surface area contributed by atoms with Crippen molar-refractivity contribution in [3.63, 3.8) is 0 Å².